The van der Waals surface area contributed by atoms with E-state index in [0.29, 0.717) is 0 Å². The van der Waals surface area contributed by atoms with Gasteiger partial charge in [-0.25, -0.2) is 0 Å². The van der Waals surface area contributed by atoms with E-state index in [4.69, 9.17) is 13.3 Å². The molecule has 88 heavy (non-hydrogen) atoms. The molecule has 5 heteroatoms. The summed E-state index contributed by atoms with van der Waals surface area (Å²) >= 11 is 0. The predicted octanol–water partition coefficient (Wildman–Crippen LogP) is 23.6. The van der Waals surface area contributed by atoms with Gasteiger partial charge in [0.15, 0.2) is 0 Å². The van der Waals surface area contributed by atoms with Crippen molar-refractivity contribution in [3.63, 3.8) is 0 Å². The standard InChI is InChI=1S/C83H60N2O3/c1-81(2,3)49-31-35-51(36-32-49)84(54-40-43-74-65(46-54)59-22-11-16-28-71(59)86-74)53-39-42-62-64(45-53)56-19-7-8-24-61(56)77-78-69(83(79(62)77)67-26-14-9-20-57(67)58-21-10-15-27-68(58)83)48-70(76-63-25-13-18-30-73(63)88-80(76)78)85(52-37-33-50(34-38-52)82(4,5)6)55-41-44-75-66(47-55)60-23-12-17-29-72(60)87-75/h7-48H,1-6H3. The Morgan fingerprint density at radius 3 is 1.27 bits per heavy atom. The Balaban J connectivity index is 0.963. The van der Waals surface area contributed by atoms with Gasteiger partial charge in [0.05, 0.1) is 16.5 Å². The van der Waals surface area contributed by atoms with Gasteiger partial charge in [-0.3, -0.25) is 0 Å². The Labute approximate surface area is 509 Å². The summed E-state index contributed by atoms with van der Waals surface area (Å²) in [6.45, 7) is 13.7. The number of furan rings is 3. The molecular formula is C83H60N2O3. The van der Waals surface area contributed by atoms with Gasteiger partial charge in [-0.15, -0.1) is 0 Å². The molecule has 5 nitrogen and oxygen atoms in total. The van der Waals surface area contributed by atoms with Crippen molar-refractivity contribution in [3.05, 3.63) is 288 Å². The van der Waals surface area contributed by atoms with Crippen LogP contribution in [-0.4, -0.2) is 0 Å². The van der Waals surface area contributed by atoms with Crippen molar-refractivity contribution in [1.29, 1.82) is 0 Å². The average molecular weight is 1130 g/mol. The molecule has 3 aromatic heterocycles. The third-order valence-corrected chi connectivity index (χ3v) is 19.3. The highest BCUT2D eigenvalue weighted by molar-refractivity contribution is 6.27. The topological polar surface area (TPSA) is 45.9 Å². The maximum atomic E-state index is 7.61. The van der Waals surface area contributed by atoms with E-state index in [0.717, 1.165) is 106 Å². The highest BCUT2D eigenvalue weighted by Crippen LogP contribution is 2.68. The first kappa shape index (κ1) is 50.7. The number of hydrogen-bond donors (Lipinski definition) is 0. The molecule has 0 amide bonds. The summed E-state index contributed by atoms with van der Waals surface area (Å²) in [4.78, 5) is 4.91. The molecule has 0 radical (unpaired) electrons. The third-order valence-electron chi connectivity index (χ3n) is 19.3. The van der Waals surface area contributed by atoms with E-state index < -0.39 is 5.41 Å². The smallest absolute Gasteiger partial charge is 0.145 e. The zero-order valence-electron chi connectivity index (χ0n) is 49.9. The minimum atomic E-state index is -0.800. The zero-order chi connectivity index (χ0) is 58.9. The van der Waals surface area contributed by atoms with E-state index in [1.807, 2.05) is 12.1 Å². The Hall–Kier alpha value is -10.6. The van der Waals surface area contributed by atoms with E-state index in [1.165, 1.54) is 71.6 Å². The Kier molecular flexibility index (Phi) is 10.5. The number of para-hydroxylation sites is 3. The quantitative estimate of drug-likeness (QED) is 0.155. The second kappa shape index (κ2) is 18.2. The van der Waals surface area contributed by atoms with Gasteiger partial charge in [0.25, 0.3) is 0 Å². The number of rotatable bonds is 6. The predicted molar refractivity (Wildman–Crippen MR) is 366 cm³/mol. The van der Waals surface area contributed by atoms with Crippen molar-refractivity contribution < 1.29 is 13.3 Å². The lowest BCUT2D eigenvalue weighted by Crippen LogP contribution is -2.26. The van der Waals surface area contributed by atoms with Crippen LogP contribution in [0.5, 0.6) is 0 Å². The molecule has 0 aliphatic heterocycles. The Morgan fingerprint density at radius 2 is 0.716 bits per heavy atom. The van der Waals surface area contributed by atoms with E-state index in [-0.39, 0.29) is 10.8 Å². The van der Waals surface area contributed by atoms with Gasteiger partial charge in [0, 0.05) is 60.9 Å². The fraction of sp³-hybridized carbons (Fsp3) is 0.108. The minimum absolute atomic E-state index is 0.0141. The first-order valence-electron chi connectivity index (χ1n) is 30.7. The van der Waals surface area contributed by atoms with Gasteiger partial charge in [0.1, 0.15) is 33.5 Å². The van der Waals surface area contributed by atoms with Crippen LogP contribution in [0.15, 0.2) is 268 Å². The van der Waals surface area contributed by atoms with Gasteiger partial charge >= 0.3 is 0 Å². The summed E-state index contributed by atoms with van der Waals surface area (Å²) in [5.74, 6) is 0. The van der Waals surface area contributed by atoms with Crippen LogP contribution in [-0.2, 0) is 16.2 Å². The monoisotopic (exact) mass is 1130 g/mol. The van der Waals surface area contributed by atoms with Crippen molar-refractivity contribution in [2.24, 2.45) is 0 Å². The van der Waals surface area contributed by atoms with Crippen molar-refractivity contribution >= 4 is 121 Å². The van der Waals surface area contributed by atoms with Gasteiger partial charge in [-0.05, 0) is 180 Å². The van der Waals surface area contributed by atoms with Crippen LogP contribution in [0.4, 0.5) is 34.1 Å². The van der Waals surface area contributed by atoms with Gasteiger partial charge < -0.3 is 23.1 Å². The molecule has 1 spiro atoms. The first-order valence-corrected chi connectivity index (χ1v) is 30.7. The third kappa shape index (κ3) is 7.10. The molecule has 420 valence electrons. The second-order valence-corrected chi connectivity index (χ2v) is 26.3. The summed E-state index contributed by atoms with van der Waals surface area (Å²) in [5.41, 5.74) is 22.9. The SMILES string of the molecule is CC(C)(C)c1ccc(N(c2ccc3oc4ccccc4c3c2)c2ccc3c4c(c5ccccc5c3c2)-c2c(cc(N(c3ccc(C(C)(C)C)cc3)c3ccc5oc6ccccc6c5c3)c3c2oc2ccccc23)C42c3ccccc3-c3ccccc32)cc1. The van der Waals surface area contributed by atoms with Crippen LogP contribution in [0.2, 0.25) is 0 Å². The normalized spacial score (nSPS) is 13.4. The molecule has 0 saturated heterocycles. The van der Waals surface area contributed by atoms with Gasteiger partial charge in [-0.1, -0.05) is 199 Å². The van der Waals surface area contributed by atoms with Gasteiger partial charge in [0.2, 0.25) is 0 Å². The Morgan fingerprint density at radius 1 is 0.295 bits per heavy atom. The zero-order valence-corrected chi connectivity index (χ0v) is 49.9. The van der Waals surface area contributed by atoms with Crippen LogP contribution in [0, 0.1) is 0 Å². The van der Waals surface area contributed by atoms with Crippen molar-refractivity contribution in [1.82, 2.24) is 0 Å². The summed E-state index contributed by atoms with van der Waals surface area (Å²) in [6, 6.07) is 94.3. The van der Waals surface area contributed by atoms with Crippen molar-refractivity contribution in [3.8, 4) is 22.3 Å². The fourth-order valence-corrected chi connectivity index (χ4v) is 15.3. The molecule has 2 aliphatic carbocycles. The fourth-order valence-electron chi connectivity index (χ4n) is 15.3. The number of fused-ring (bicyclic) bond motifs is 25. The lowest BCUT2D eigenvalue weighted by atomic mass is 9.69. The van der Waals surface area contributed by atoms with Crippen LogP contribution >= 0.6 is 0 Å². The lowest BCUT2D eigenvalue weighted by molar-refractivity contribution is 0.590. The Bertz CT molecular complexity index is 5560. The van der Waals surface area contributed by atoms with Crippen LogP contribution < -0.4 is 9.80 Å². The van der Waals surface area contributed by atoms with Crippen molar-refractivity contribution in [2.45, 2.75) is 57.8 Å². The van der Waals surface area contributed by atoms with Gasteiger partial charge in [-0.2, -0.15) is 0 Å². The highest BCUT2D eigenvalue weighted by Gasteiger charge is 2.54. The summed E-state index contributed by atoms with van der Waals surface area (Å²) in [7, 11) is 0. The summed E-state index contributed by atoms with van der Waals surface area (Å²) < 4.78 is 20.6. The molecule has 0 bridgehead atoms. The molecule has 16 aromatic rings. The number of nitrogens with zero attached hydrogens (tertiary/aromatic N) is 2. The van der Waals surface area contributed by atoms with Crippen LogP contribution in [0.3, 0.4) is 0 Å². The highest BCUT2D eigenvalue weighted by atomic mass is 16.3. The molecule has 2 aliphatic rings. The second-order valence-electron chi connectivity index (χ2n) is 26.3. The summed E-state index contributed by atoms with van der Waals surface area (Å²) in [6.07, 6.45) is 0. The molecule has 13 aromatic carbocycles. The molecule has 0 unspecified atom stereocenters. The molecule has 0 fully saturated rings. The minimum Gasteiger partial charge on any atom is -0.456 e. The molecule has 0 saturated carbocycles. The molecule has 0 atom stereocenters. The van der Waals surface area contributed by atoms with Crippen LogP contribution in [0.25, 0.3) is 110 Å². The molecule has 18 rings (SSSR count). The number of anilines is 6. The van der Waals surface area contributed by atoms with E-state index in [1.54, 1.807) is 0 Å². The maximum absolute atomic E-state index is 7.61. The van der Waals surface area contributed by atoms with E-state index >= 15 is 0 Å². The number of hydrogen-bond acceptors (Lipinski definition) is 5. The lowest BCUT2D eigenvalue weighted by Gasteiger charge is -2.33. The largest absolute Gasteiger partial charge is 0.456 e. The maximum Gasteiger partial charge on any atom is 0.145 e. The average Bonchev–Trinajstić information content (AvgIpc) is 1.48. The van der Waals surface area contributed by atoms with Crippen LogP contribution in [0.1, 0.15) is 74.9 Å². The molecule has 3 heterocycles. The number of benzene rings is 13. The van der Waals surface area contributed by atoms with Crippen molar-refractivity contribution in [2.75, 3.05) is 9.80 Å². The van der Waals surface area contributed by atoms with E-state index in [9.17, 15) is 0 Å². The first-order chi connectivity index (χ1) is 42.9. The van der Waals surface area contributed by atoms with E-state index in [2.05, 4.69) is 294 Å². The molecule has 0 N–H and O–H groups in total. The molecular weight excluding hydrogens is 1070 g/mol. The summed E-state index contributed by atoms with van der Waals surface area (Å²) in [5, 5.41) is 11.2.